The lowest BCUT2D eigenvalue weighted by Gasteiger charge is -2.29. The summed E-state index contributed by atoms with van der Waals surface area (Å²) in [7, 11) is -3.86. The number of nitrogens with zero attached hydrogens (tertiary/aromatic N) is 6. The Morgan fingerprint density at radius 1 is 0.964 bits per heavy atom. The van der Waals surface area contributed by atoms with Gasteiger partial charge in [-0.15, -0.1) is 0 Å². The van der Waals surface area contributed by atoms with Gasteiger partial charge in [-0.3, -0.25) is 28.9 Å². The van der Waals surface area contributed by atoms with Crippen molar-refractivity contribution >= 4 is 55.3 Å². The maximum absolute atomic E-state index is 14.7. The summed E-state index contributed by atoms with van der Waals surface area (Å²) in [5.41, 5.74) is -0.151. The highest BCUT2D eigenvalue weighted by molar-refractivity contribution is 7.90. The third kappa shape index (κ3) is 7.51. The number of carbonyl (C=O) groups excluding carboxylic acids is 4. The summed E-state index contributed by atoms with van der Waals surface area (Å²) in [5.74, 6) is -2.14. The molecule has 1 aromatic carbocycles. The van der Waals surface area contributed by atoms with Crippen LogP contribution in [0.3, 0.4) is 0 Å². The number of amides is 3. The Bertz CT molecular complexity index is 2320. The second kappa shape index (κ2) is 14.7. The number of carbonyl (C=O) groups is 4. The van der Waals surface area contributed by atoms with E-state index in [-0.39, 0.29) is 42.7 Å². The zero-order valence-electron chi connectivity index (χ0n) is 30.4. The Morgan fingerprint density at radius 3 is 2.56 bits per heavy atom. The molecule has 0 spiro atoms. The van der Waals surface area contributed by atoms with Gasteiger partial charge >= 0.3 is 0 Å². The van der Waals surface area contributed by atoms with Crippen molar-refractivity contribution in [2.24, 2.45) is 11.3 Å². The van der Waals surface area contributed by atoms with Gasteiger partial charge in [0.25, 0.3) is 5.91 Å². The van der Waals surface area contributed by atoms with Crippen LogP contribution in [-0.4, -0.2) is 91.7 Å². The fraction of sp³-hybridized carbons (Fsp3) is 0.462. The van der Waals surface area contributed by atoms with Crippen LogP contribution in [0.2, 0.25) is 0 Å². The molecule has 3 fully saturated rings. The van der Waals surface area contributed by atoms with E-state index in [4.69, 9.17) is 9.72 Å². The second-order valence-electron chi connectivity index (χ2n) is 15.1. The van der Waals surface area contributed by atoms with E-state index in [0.29, 0.717) is 55.3 Å². The number of rotatable bonds is 7. The number of sulfonamides is 1. The first-order valence-corrected chi connectivity index (χ1v) is 20.4. The van der Waals surface area contributed by atoms with E-state index >= 15 is 0 Å². The van der Waals surface area contributed by atoms with Crippen molar-refractivity contribution in [3.05, 3.63) is 72.7 Å². The molecule has 8 rings (SSSR count). The summed E-state index contributed by atoms with van der Waals surface area (Å²) in [4.78, 5) is 79.5. The number of ether oxygens (including phenoxy) is 1. The van der Waals surface area contributed by atoms with Gasteiger partial charge in [-0.05, 0) is 62.8 Å². The van der Waals surface area contributed by atoms with Crippen LogP contribution in [0.1, 0.15) is 80.4 Å². The van der Waals surface area contributed by atoms with Crippen LogP contribution in [0.25, 0.3) is 21.8 Å². The Morgan fingerprint density at radius 2 is 1.78 bits per heavy atom. The topological polar surface area (TPSA) is 203 Å². The van der Waals surface area contributed by atoms with Crippen LogP contribution < -0.4 is 14.8 Å². The van der Waals surface area contributed by atoms with Gasteiger partial charge in [-0.25, -0.2) is 23.4 Å². The first-order valence-electron chi connectivity index (χ1n) is 18.8. The molecule has 0 radical (unpaired) electrons. The van der Waals surface area contributed by atoms with E-state index in [1.165, 1.54) is 23.6 Å². The molecule has 55 heavy (non-hydrogen) atoms. The van der Waals surface area contributed by atoms with Gasteiger partial charge < -0.3 is 15.0 Å². The molecule has 5 heterocycles. The number of ketones is 1. The number of allylic oxidation sites excluding steroid dienone is 2. The Balaban J connectivity index is 1.12. The zero-order valence-corrected chi connectivity index (χ0v) is 31.2. The zero-order chi connectivity index (χ0) is 38.3. The van der Waals surface area contributed by atoms with Crippen LogP contribution in [0, 0.1) is 18.3 Å². The molecule has 15 nitrogen and oxygen atoms in total. The molecule has 2 saturated carbocycles. The van der Waals surface area contributed by atoms with Crippen LogP contribution >= 0.6 is 0 Å². The van der Waals surface area contributed by atoms with Gasteiger partial charge in [0, 0.05) is 36.0 Å². The van der Waals surface area contributed by atoms with E-state index in [9.17, 15) is 27.6 Å². The van der Waals surface area contributed by atoms with Crippen molar-refractivity contribution in [2.75, 3.05) is 6.54 Å². The number of aromatic nitrogens is 5. The summed E-state index contributed by atoms with van der Waals surface area (Å²) >= 11 is 0. The normalized spacial score (nSPS) is 26.7. The predicted molar refractivity (Wildman–Crippen MR) is 200 cm³/mol. The molecule has 1 saturated heterocycles. The lowest BCUT2D eigenvalue weighted by Crippen LogP contribution is -2.52. The molecule has 0 unspecified atom stereocenters. The summed E-state index contributed by atoms with van der Waals surface area (Å²) in [6.07, 6.45) is 13.5. The molecule has 4 aromatic rings. The summed E-state index contributed by atoms with van der Waals surface area (Å²) < 4.78 is 34.6. The second-order valence-corrected chi connectivity index (χ2v) is 17.1. The third-order valence-corrected chi connectivity index (χ3v) is 13.0. The molecular formula is C39H42N8O7S. The Kier molecular flexibility index (Phi) is 9.78. The monoisotopic (exact) mass is 766 g/mol. The highest BCUT2D eigenvalue weighted by Crippen LogP contribution is 2.57. The molecule has 0 bridgehead atoms. The van der Waals surface area contributed by atoms with Gasteiger partial charge in [0.15, 0.2) is 11.4 Å². The number of aryl methyl sites for hydroxylation is 1. The number of fused-ring (bicyclic) bond motifs is 5. The van der Waals surface area contributed by atoms with Gasteiger partial charge in [0.1, 0.15) is 24.2 Å². The fourth-order valence-corrected chi connectivity index (χ4v) is 9.23. The molecule has 2 aliphatic heterocycles. The number of pyridine rings is 1. The first kappa shape index (κ1) is 36.6. The molecule has 2 aliphatic carbocycles. The Hall–Kier alpha value is -5.38. The lowest BCUT2D eigenvalue weighted by molar-refractivity contribution is -0.140. The number of benzene rings is 1. The smallest absolute Gasteiger partial charge is 0.272 e. The maximum atomic E-state index is 14.7. The van der Waals surface area contributed by atoms with Crippen LogP contribution in [0.4, 0.5) is 0 Å². The number of hydrogen-bond donors (Lipinski definition) is 2. The number of hydrogen-bond acceptors (Lipinski definition) is 12. The predicted octanol–water partition coefficient (Wildman–Crippen LogP) is 3.52. The van der Waals surface area contributed by atoms with E-state index in [0.717, 1.165) is 23.6 Å². The van der Waals surface area contributed by atoms with Crippen LogP contribution in [-0.2, 0) is 24.4 Å². The van der Waals surface area contributed by atoms with Crippen LogP contribution in [0.5, 0.6) is 5.88 Å². The molecule has 5 atom stereocenters. The highest BCUT2D eigenvalue weighted by Gasteiger charge is 2.61. The van der Waals surface area contributed by atoms with E-state index in [1.54, 1.807) is 13.1 Å². The van der Waals surface area contributed by atoms with Gasteiger partial charge in [-0.2, -0.15) is 4.98 Å². The molecular weight excluding hydrogens is 725 g/mol. The van der Waals surface area contributed by atoms with Gasteiger partial charge in [0.05, 0.1) is 35.1 Å². The summed E-state index contributed by atoms with van der Waals surface area (Å²) in [6.45, 7) is 1.76. The quantitative estimate of drug-likeness (QED) is 0.205. The van der Waals surface area contributed by atoms with Crippen molar-refractivity contribution in [3.8, 4) is 5.88 Å². The summed E-state index contributed by atoms with van der Waals surface area (Å²) in [6, 6.07) is 5.52. The average molecular weight is 767 g/mol. The van der Waals surface area contributed by atoms with Crippen molar-refractivity contribution in [1.82, 2.24) is 39.9 Å². The number of nitrogens with one attached hydrogen (secondary N) is 2. The average Bonchev–Trinajstić information content (AvgIpc) is 4.11. The molecule has 3 amide bonds. The standard InChI is InChI=1S/C39H42N8O7S/c1-23-18-42-31(20-41-23)35(49)44-30-12-6-4-2-3-5-9-24-16-39(24,38(51)46-55(52,53)26-13-14-26)17-33(48)32-15-25(21-47(32)37(30)50)54-36-28-11-8-7-10-27(28)29-19-40-22-43-34(29)45-36/h5,7-11,18-20,22,24-26,30,32H,2-4,6,12-17,21H2,1H3,(H,44,49)(H,46,51)/b9-5-/t24-,25-,30+,32+,39-/m1/s1. The lowest BCUT2D eigenvalue weighted by atomic mass is 9.91. The largest absolute Gasteiger partial charge is 0.472 e. The van der Waals surface area contributed by atoms with Crippen molar-refractivity contribution in [3.63, 3.8) is 0 Å². The maximum Gasteiger partial charge on any atom is 0.272 e. The summed E-state index contributed by atoms with van der Waals surface area (Å²) in [5, 5.41) is 4.53. The van der Waals surface area contributed by atoms with E-state index in [1.807, 2.05) is 36.4 Å². The first-order chi connectivity index (χ1) is 26.5. The Labute approximate surface area is 317 Å². The van der Waals surface area contributed by atoms with Crippen molar-refractivity contribution < 1.29 is 32.3 Å². The highest BCUT2D eigenvalue weighted by atomic mass is 32.2. The van der Waals surface area contributed by atoms with Gasteiger partial charge in [0.2, 0.25) is 27.7 Å². The van der Waals surface area contributed by atoms with Crippen LogP contribution in [0.15, 0.2) is 61.3 Å². The van der Waals surface area contributed by atoms with Crippen molar-refractivity contribution in [2.45, 2.75) is 94.6 Å². The SMILES string of the molecule is Cc1cnc(C(=O)N[C@H]2CCCCC/C=C\[C@@H]3C[C@@]3(C(=O)NS(=O)(=O)C3CC3)CC(=O)[C@@H]3C[C@@H](Oc4nc5ncncc5c5ccccc45)CN3C2=O)cn1. The molecule has 4 aliphatic rings. The van der Waals surface area contributed by atoms with Gasteiger partial charge in [-0.1, -0.05) is 43.2 Å². The van der Waals surface area contributed by atoms with E-state index in [2.05, 4.69) is 30.0 Å². The minimum absolute atomic E-state index is 0.00233. The van der Waals surface area contributed by atoms with E-state index < -0.39 is 56.6 Å². The third-order valence-electron chi connectivity index (χ3n) is 11.2. The molecule has 286 valence electrons. The minimum atomic E-state index is -3.86. The molecule has 16 heteroatoms. The van der Waals surface area contributed by atoms with Crippen molar-refractivity contribution in [1.29, 1.82) is 0 Å². The fourth-order valence-electron chi connectivity index (χ4n) is 7.84. The number of Topliss-reactive ketones (excluding diaryl/α,β-unsaturated/α-hetero) is 1. The molecule has 2 N–H and O–H groups in total. The molecule has 3 aromatic heterocycles. The minimum Gasteiger partial charge on any atom is -0.472 e.